The van der Waals surface area contributed by atoms with Gasteiger partial charge in [0.1, 0.15) is 18.1 Å². The van der Waals surface area contributed by atoms with Crippen LogP contribution in [0.2, 0.25) is 0 Å². The highest BCUT2D eigenvalue weighted by atomic mass is 19.1. The van der Waals surface area contributed by atoms with Gasteiger partial charge < -0.3 is 14.9 Å². The molecule has 0 aliphatic heterocycles. The molecule has 0 bridgehead atoms. The SMILES string of the molecule is CCC(=O)O[C@@]1(C(=O)CO)[C@@H](C)C[C@H]2[C@@H]3CC[C@H]4CC(=O)CC[C@]4(C)[C@@]3(F)[C@@H](O)C[C@@]21C. The number of fused-ring (bicyclic) bond motifs is 5. The predicted octanol–water partition coefficient (Wildman–Crippen LogP) is 3.16. The summed E-state index contributed by atoms with van der Waals surface area (Å²) in [7, 11) is 0. The molecule has 0 aromatic carbocycles. The van der Waals surface area contributed by atoms with E-state index in [0.717, 1.165) is 0 Å². The smallest absolute Gasteiger partial charge is 0.306 e. The molecule has 2 N–H and O–H groups in total. The zero-order valence-electron chi connectivity index (χ0n) is 19.7. The monoisotopic (exact) mass is 452 g/mol. The molecule has 4 aliphatic carbocycles. The quantitative estimate of drug-likeness (QED) is 0.636. The molecule has 9 atom stereocenters. The van der Waals surface area contributed by atoms with Gasteiger partial charge in [-0.2, -0.15) is 0 Å². The van der Waals surface area contributed by atoms with E-state index in [9.17, 15) is 24.6 Å². The van der Waals surface area contributed by atoms with Crippen LogP contribution >= 0.6 is 0 Å². The van der Waals surface area contributed by atoms with Crippen LogP contribution in [0.15, 0.2) is 0 Å². The van der Waals surface area contributed by atoms with E-state index in [2.05, 4.69) is 0 Å². The molecule has 4 fully saturated rings. The highest BCUT2D eigenvalue weighted by Crippen LogP contribution is 2.72. The molecule has 0 aromatic heterocycles. The Morgan fingerprint density at radius 3 is 2.50 bits per heavy atom. The Kier molecular flexibility index (Phi) is 5.65. The Morgan fingerprint density at radius 1 is 1.19 bits per heavy atom. The van der Waals surface area contributed by atoms with Crippen molar-refractivity contribution < 1.29 is 33.7 Å². The molecule has 7 heteroatoms. The molecule has 6 nitrogen and oxygen atoms in total. The van der Waals surface area contributed by atoms with Crippen molar-refractivity contribution in [2.24, 2.45) is 34.5 Å². The second-order valence-corrected chi connectivity index (χ2v) is 11.3. The average molecular weight is 453 g/mol. The van der Waals surface area contributed by atoms with Gasteiger partial charge in [0.25, 0.3) is 0 Å². The van der Waals surface area contributed by atoms with Crippen molar-refractivity contribution in [3.63, 3.8) is 0 Å². The van der Waals surface area contributed by atoms with E-state index in [1.165, 1.54) is 0 Å². The van der Waals surface area contributed by atoms with Gasteiger partial charge in [0, 0.05) is 36.0 Å². The summed E-state index contributed by atoms with van der Waals surface area (Å²) in [6.45, 7) is 6.43. The largest absolute Gasteiger partial charge is 0.450 e. The highest BCUT2D eigenvalue weighted by Gasteiger charge is 2.77. The zero-order valence-corrected chi connectivity index (χ0v) is 19.7. The molecule has 0 spiro atoms. The number of carbonyl (C=O) groups excluding carboxylic acids is 3. The number of carbonyl (C=O) groups is 3. The third-order valence-corrected chi connectivity index (χ3v) is 10.2. The van der Waals surface area contributed by atoms with E-state index in [0.29, 0.717) is 38.5 Å². The van der Waals surface area contributed by atoms with E-state index in [4.69, 9.17) is 4.74 Å². The number of ether oxygens (including phenoxy) is 1. The standard InChI is InChI=1S/C25H37FO6/c1-5-21(31)32-25(20(30)13-27)14(2)10-18-17-7-6-15-11-16(28)8-9-22(15,3)24(17,26)19(29)12-23(18,25)4/h14-15,17-19,27,29H,5-13H2,1-4H3/t14-,15-,17-,18-,19-,22-,23-,24-,25+/m0/s1. The van der Waals surface area contributed by atoms with Gasteiger partial charge in [0.2, 0.25) is 5.78 Å². The first-order chi connectivity index (χ1) is 14.9. The molecular weight excluding hydrogens is 415 g/mol. The van der Waals surface area contributed by atoms with Crippen LogP contribution in [0, 0.1) is 34.5 Å². The van der Waals surface area contributed by atoms with Crippen LogP contribution in [-0.4, -0.2) is 51.7 Å². The summed E-state index contributed by atoms with van der Waals surface area (Å²) in [5.74, 6) is -2.21. The van der Waals surface area contributed by atoms with E-state index < -0.39 is 58.4 Å². The summed E-state index contributed by atoms with van der Waals surface area (Å²) in [4.78, 5) is 37.7. The molecule has 4 rings (SSSR count). The second kappa shape index (κ2) is 7.59. The van der Waals surface area contributed by atoms with Crippen molar-refractivity contribution >= 4 is 17.5 Å². The van der Waals surface area contributed by atoms with Gasteiger partial charge in [-0.3, -0.25) is 14.4 Å². The number of ketones is 2. The maximum absolute atomic E-state index is 17.3. The van der Waals surface area contributed by atoms with Gasteiger partial charge in [-0.05, 0) is 49.9 Å². The molecule has 0 saturated heterocycles. The number of rotatable bonds is 4. The molecule has 180 valence electrons. The lowest BCUT2D eigenvalue weighted by Gasteiger charge is -2.65. The van der Waals surface area contributed by atoms with Crippen molar-refractivity contribution in [3.05, 3.63) is 0 Å². The fraction of sp³-hybridized carbons (Fsp3) is 0.880. The zero-order chi connectivity index (χ0) is 23.7. The first kappa shape index (κ1) is 23.8. The first-order valence-electron chi connectivity index (χ1n) is 12.2. The van der Waals surface area contributed by atoms with Gasteiger partial charge in [-0.1, -0.05) is 27.7 Å². The lowest BCUT2D eigenvalue weighted by Crippen LogP contribution is -2.71. The third kappa shape index (κ3) is 2.73. The van der Waals surface area contributed by atoms with Gasteiger partial charge in [-0.25, -0.2) is 4.39 Å². The summed E-state index contributed by atoms with van der Waals surface area (Å²) in [6.07, 6.45) is 1.56. The van der Waals surface area contributed by atoms with Gasteiger partial charge in [-0.15, -0.1) is 0 Å². The maximum Gasteiger partial charge on any atom is 0.306 e. The average Bonchev–Trinajstić information content (AvgIpc) is 2.96. The van der Waals surface area contributed by atoms with Crippen molar-refractivity contribution in [1.29, 1.82) is 0 Å². The lowest BCUT2D eigenvalue weighted by atomic mass is 9.42. The van der Waals surface area contributed by atoms with Gasteiger partial charge in [0.05, 0.1) is 6.10 Å². The molecule has 0 unspecified atom stereocenters. The summed E-state index contributed by atoms with van der Waals surface area (Å²) in [6, 6.07) is 0. The number of esters is 1. The fourth-order valence-electron chi connectivity index (χ4n) is 8.61. The third-order valence-electron chi connectivity index (χ3n) is 10.2. The Balaban J connectivity index is 1.81. The van der Waals surface area contributed by atoms with Crippen molar-refractivity contribution in [3.8, 4) is 0 Å². The van der Waals surface area contributed by atoms with Crippen molar-refractivity contribution in [2.75, 3.05) is 6.61 Å². The summed E-state index contributed by atoms with van der Waals surface area (Å²) >= 11 is 0. The Labute approximate surface area is 189 Å². The Morgan fingerprint density at radius 2 is 1.88 bits per heavy atom. The fourth-order valence-corrected chi connectivity index (χ4v) is 8.61. The maximum atomic E-state index is 17.3. The molecule has 32 heavy (non-hydrogen) atoms. The van der Waals surface area contributed by atoms with E-state index in [-0.39, 0.29) is 30.5 Å². The summed E-state index contributed by atoms with van der Waals surface area (Å²) in [5.41, 5.74) is -5.24. The van der Waals surface area contributed by atoms with E-state index >= 15 is 4.39 Å². The predicted molar refractivity (Wildman–Crippen MR) is 114 cm³/mol. The van der Waals surface area contributed by atoms with E-state index in [1.54, 1.807) is 6.92 Å². The molecule has 0 heterocycles. The van der Waals surface area contributed by atoms with Crippen LogP contribution in [0.4, 0.5) is 4.39 Å². The molecule has 0 aromatic rings. The van der Waals surface area contributed by atoms with Crippen LogP contribution < -0.4 is 0 Å². The minimum Gasteiger partial charge on any atom is -0.450 e. The first-order valence-corrected chi connectivity index (χ1v) is 12.2. The van der Waals surface area contributed by atoms with Crippen LogP contribution in [-0.2, 0) is 19.1 Å². The molecular formula is C25H37FO6. The summed E-state index contributed by atoms with van der Waals surface area (Å²) in [5, 5.41) is 21.3. The number of hydrogen-bond donors (Lipinski definition) is 2. The lowest BCUT2D eigenvalue weighted by molar-refractivity contribution is -0.257. The van der Waals surface area contributed by atoms with E-state index in [1.807, 2.05) is 20.8 Å². The minimum atomic E-state index is -1.87. The topological polar surface area (TPSA) is 101 Å². The minimum absolute atomic E-state index is 0.0198. The molecule has 0 amide bonds. The van der Waals surface area contributed by atoms with Crippen molar-refractivity contribution in [2.45, 2.75) is 96.4 Å². The summed E-state index contributed by atoms with van der Waals surface area (Å²) < 4.78 is 23.1. The molecule has 4 aliphatic rings. The number of Topliss-reactive ketones (excluding diaryl/α,β-unsaturated/α-hetero) is 2. The molecule has 0 radical (unpaired) electrons. The number of alkyl halides is 1. The second-order valence-electron chi connectivity index (χ2n) is 11.3. The van der Waals surface area contributed by atoms with Crippen LogP contribution in [0.25, 0.3) is 0 Å². The number of aliphatic hydroxyl groups is 2. The normalized spacial score (nSPS) is 50.2. The Hall–Kier alpha value is -1.34. The van der Waals surface area contributed by atoms with Crippen LogP contribution in [0.5, 0.6) is 0 Å². The number of halogens is 1. The van der Waals surface area contributed by atoms with Gasteiger partial charge >= 0.3 is 5.97 Å². The van der Waals surface area contributed by atoms with Gasteiger partial charge in [0.15, 0.2) is 5.60 Å². The Bertz CT molecular complexity index is 829. The van der Waals surface area contributed by atoms with Crippen LogP contribution in [0.3, 0.4) is 0 Å². The molecule has 4 saturated carbocycles. The van der Waals surface area contributed by atoms with Crippen LogP contribution in [0.1, 0.15) is 79.1 Å². The number of hydrogen-bond acceptors (Lipinski definition) is 6. The highest BCUT2D eigenvalue weighted by molar-refractivity contribution is 5.92. The number of aliphatic hydroxyl groups excluding tert-OH is 2. The van der Waals surface area contributed by atoms with Crippen molar-refractivity contribution in [1.82, 2.24) is 0 Å².